The molecule has 1 aromatic carbocycles. The molecule has 1 saturated heterocycles. The zero-order valence-electron chi connectivity index (χ0n) is 14.7. The summed E-state index contributed by atoms with van der Waals surface area (Å²) >= 11 is 0. The third-order valence-electron chi connectivity index (χ3n) is 4.74. The summed E-state index contributed by atoms with van der Waals surface area (Å²) in [5, 5.41) is 16.4. The van der Waals surface area contributed by atoms with Gasteiger partial charge in [-0.1, -0.05) is 30.3 Å². The first-order chi connectivity index (χ1) is 12.6. The van der Waals surface area contributed by atoms with Crippen molar-refractivity contribution in [2.24, 2.45) is 5.92 Å². The summed E-state index contributed by atoms with van der Waals surface area (Å²) in [7, 11) is 0. The molecule has 0 aliphatic carbocycles. The Balaban J connectivity index is 1.51. The first kappa shape index (κ1) is 18.0. The fourth-order valence-corrected chi connectivity index (χ4v) is 3.23. The molecule has 1 unspecified atom stereocenters. The van der Waals surface area contributed by atoms with Gasteiger partial charge in [-0.05, 0) is 30.9 Å². The Morgan fingerprint density at radius 1 is 1.23 bits per heavy atom. The summed E-state index contributed by atoms with van der Waals surface area (Å²) in [6, 6.07) is 11.9. The maximum atomic E-state index is 12.3. The number of nitrogens with one attached hydrogen (secondary N) is 1. The third-order valence-corrected chi connectivity index (χ3v) is 4.74. The van der Waals surface area contributed by atoms with Crippen LogP contribution in [0.2, 0.25) is 0 Å². The van der Waals surface area contributed by atoms with E-state index in [2.05, 4.69) is 22.5 Å². The standard InChI is InChI=1S/C19H24N4O3/c24-18(25)16-7-4-11-22(14-16)19(26)20-13-17-8-10-21-23(17)12-9-15-5-2-1-3-6-15/h1-3,5-6,8,10,16H,4,7,9,11-14H2,(H,20,26)(H,24,25). The Labute approximate surface area is 152 Å². The number of aromatic nitrogens is 2. The number of rotatable bonds is 6. The lowest BCUT2D eigenvalue weighted by Gasteiger charge is -2.30. The van der Waals surface area contributed by atoms with Crippen molar-refractivity contribution in [3.05, 3.63) is 53.9 Å². The lowest BCUT2D eigenvalue weighted by Crippen LogP contribution is -2.46. The highest BCUT2D eigenvalue weighted by Crippen LogP contribution is 2.16. The highest BCUT2D eigenvalue weighted by molar-refractivity contribution is 5.76. The molecule has 2 amide bonds. The van der Waals surface area contributed by atoms with E-state index >= 15 is 0 Å². The topological polar surface area (TPSA) is 87.5 Å². The number of urea groups is 1. The van der Waals surface area contributed by atoms with E-state index < -0.39 is 11.9 Å². The number of carboxylic acid groups (broad SMARTS) is 1. The average Bonchev–Trinajstić information content (AvgIpc) is 3.12. The van der Waals surface area contributed by atoms with Gasteiger partial charge in [-0.3, -0.25) is 9.48 Å². The molecule has 26 heavy (non-hydrogen) atoms. The Kier molecular flexibility index (Phi) is 5.88. The SMILES string of the molecule is O=C(O)C1CCCN(C(=O)NCc2ccnn2CCc2ccccc2)C1. The van der Waals surface area contributed by atoms with Crippen molar-refractivity contribution in [1.29, 1.82) is 0 Å². The Hall–Kier alpha value is -2.83. The summed E-state index contributed by atoms with van der Waals surface area (Å²) in [6.07, 6.45) is 3.95. The lowest BCUT2D eigenvalue weighted by molar-refractivity contribution is -0.143. The molecule has 1 atom stereocenters. The first-order valence-corrected chi connectivity index (χ1v) is 8.93. The Morgan fingerprint density at radius 2 is 2.04 bits per heavy atom. The molecule has 0 bridgehead atoms. The second-order valence-corrected chi connectivity index (χ2v) is 6.56. The van der Waals surface area contributed by atoms with Gasteiger partial charge in [0.25, 0.3) is 0 Å². The summed E-state index contributed by atoms with van der Waals surface area (Å²) < 4.78 is 1.89. The first-order valence-electron chi connectivity index (χ1n) is 8.93. The smallest absolute Gasteiger partial charge is 0.317 e. The number of hydrogen-bond acceptors (Lipinski definition) is 3. The predicted molar refractivity (Wildman–Crippen MR) is 96.5 cm³/mol. The molecule has 7 nitrogen and oxygen atoms in total. The molecule has 2 N–H and O–H groups in total. The molecule has 7 heteroatoms. The largest absolute Gasteiger partial charge is 0.481 e. The van der Waals surface area contributed by atoms with Crippen LogP contribution in [-0.4, -0.2) is 44.9 Å². The quantitative estimate of drug-likeness (QED) is 0.830. The molecule has 3 rings (SSSR count). The minimum atomic E-state index is -0.832. The summed E-state index contributed by atoms with van der Waals surface area (Å²) in [4.78, 5) is 25.1. The number of piperidine rings is 1. The molecule has 1 aromatic heterocycles. The van der Waals surface area contributed by atoms with Crippen LogP contribution < -0.4 is 5.32 Å². The van der Waals surface area contributed by atoms with Crippen LogP contribution in [0.5, 0.6) is 0 Å². The molecule has 138 valence electrons. The normalized spacial score (nSPS) is 17.1. The van der Waals surface area contributed by atoms with Crippen molar-refractivity contribution in [3.8, 4) is 0 Å². The van der Waals surface area contributed by atoms with Gasteiger partial charge in [-0.2, -0.15) is 5.10 Å². The highest BCUT2D eigenvalue weighted by atomic mass is 16.4. The zero-order chi connectivity index (χ0) is 18.4. The molecule has 2 aromatic rings. The molecular formula is C19H24N4O3. The second-order valence-electron chi connectivity index (χ2n) is 6.56. The number of carbonyl (C=O) groups is 2. The zero-order valence-corrected chi connectivity index (χ0v) is 14.7. The van der Waals surface area contributed by atoms with E-state index in [1.165, 1.54) is 5.56 Å². The fourth-order valence-electron chi connectivity index (χ4n) is 3.23. The summed E-state index contributed by atoms with van der Waals surface area (Å²) in [6.45, 7) is 1.99. The average molecular weight is 356 g/mol. The van der Waals surface area contributed by atoms with Crippen LogP contribution in [0.1, 0.15) is 24.1 Å². The molecule has 0 saturated carbocycles. The monoisotopic (exact) mass is 356 g/mol. The molecule has 0 radical (unpaired) electrons. The van der Waals surface area contributed by atoms with Gasteiger partial charge in [0.1, 0.15) is 0 Å². The van der Waals surface area contributed by atoms with Gasteiger partial charge in [0.2, 0.25) is 0 Å². The van der Waals surface area contributed by atoms with Crippen LogP contribution in [0.3, 0.4) is 0 Å². The maximum absolute atomic E-state index is 12.3. The van der Waals surface area contributed by atoms with Crippen molar-refractivity contribution in [2.45, 2.75) is 32.4 Å². The van der Waals surface area contributed by atoms with Crippen LogP contribution in [0.15, 0.2) is 42.6 Å². The van der Waals surface area contributed by atoms with E-state index in [0.29, 0.717) is 19.5 Å². The van der Waals surface area contributed by atoms with Crippen molar-refractivity contribution >= 4 is 12.0 Å². The minimum absolute atomic E-state index is 0.216. The third kappa shape index (κ3) is 4.62. The number of hydrogen-bond donors (Lipinski definition) is 2. The van der Waals surface area contributed by atoms with E-state index in [4.69, 9.17) is 5.11 Å². The van der Waals surface area contributed by atoms with Crippen LogP contribution in [0.4, 0.5) is 4.79 Å². The van der Waals surface area contributed by atoms with Crippen LogP contribution in [0, 0.1) is 5.92 Å². The van der Waals surface area contributed by atoms with Gasteiger partial charge >= 0.3 is 12.0 Å². The predicted octanol–water partition coefficient (Wildman–Crippen LogP) is 2.13. The van der Waals surface area contributed by atoms with Gasteiger partial charge in [0, 0.05) is 25.8 Å². The van der Waals surface area contributed by atoms with Gasteiger partial charge in [0.15, 0.2) is 0 Å². The van der Waals surface area contributed by atoms with E-state index in [0.717, 1.165) is 25.1 Å². The fraction of sp³-hybridized carbons (Fsp3) is 0.421. The number of carbonyl (C=O) groups excluding carboxylic acids is 1. The number of likely N-dealkylation sites (tertiary alicyclic amines) is 1. The van der Waals surface area contributed by atoms with E-state index in [9.17, 15) is 9.59 Å². The molecule has 0 spiro atoms. The van der Waals surface area contributed by atoms with Crippen LogP contribution in [0.25, 0.3) is 0 Å². The van der Waals surface area contributed by atoms with Gasteiger partial charge < -0.3 is 15.3 Å². The van der Waals surface area contributed by atoms with Crippen molar-refractivity contribution in [1.82, 2.24) is 20.0 Å². The van der Waals surface area contributed by atoms with Gasteiger partial charge in [-0.25, -0.2) is 4.79 Å². The number of amides is 2. The molecular weight excluding hydrogens is 332 g/mol. The van der Waals surface area contributed by atoms with Gasteiger partial charge in [0.05, 0.1) is 18.2 Å². The van der Waals surface area contributed by atoms with Crippen LogP contribution in [-0.2, 0) is 24.3 Å². The van der Waals surface area contributed by atoms with E-state index in [-0.39, 0.29) is 12.6 Å². The molecule has 1 fully saturated rings. The Morgan fingerprint density at radius 3 is 2.81 bits per heavy atom. The van der Waals surface area contributed by atoms with E-state index in [1.807, 2.05) is 28.9 Å². The molecule has 1 aliphatic heterocycles. The minimum Gasteiger partial charge on any atom is -0.481 e. The van der Waals surface area contributed by atoms with Crippen molar-refractivity contribution < 1.29 is 14.7 Å². The number of aryl methyl sites for hydroxylation is 2. The van der Waals surface area contributed by atoms with Crippen LogP contribution >= 0.6 is 0 Å². The maximum Gasteiger partial charge on any atom is 0.317 e. The number of nitrogens with zero attached hydrogens (tertiary/aromatic N) is 3. The van der Waals surface area contributed by atoms with E-state index in [1.54, 1.807) is 11.1 Å². The lowest BCUT2D eigenvalue weighted by atomic mass is 9.99. The molecule has 1 aliphatic rings. The number of carboxylic acids is 1. The highest BCUT2D eigenvalue weighted by Gasteiger charge is 2.28. The number of aliphatic carboxylic acids is 1. The Bertz CT molecular complexity index is 744. The number of benzene rings is 1. The van der Waals surface area contributed by atoms with Crippen molar-refractivity contribution in [3.63, 3.8) is 0 Å². The molecule has 2 heterocycles. The van der Waals surface area contributed by atoms with Gasteiger partial charge in [-0.15, -0.1) is 0 Å². The summed E-state index contributed by atoms with van der Waals surface area (Å²) in [5.74, 6) is -1.30. The van der Waals surface area contributed by atoms with Crippen molar-refractivity contribution in [2.75, 3.05) is 13.1 Å². The second kappa shape index (κ2) is 8.51. The summed E-state index contributed by atoms with van der Waals surface area (Å²) in [5.41, 5.74) is 2.17.